The Kier molecular flexibility index (Phi) is 8.71. The lowest BCUT2D eigenvalue weighted by molar-refractivity contribution is -0.117. The first kappa shape index (κ1) is 25.4. The normalized spacial score (nSPS) is 16.0. The molecule has 0 radical (unpaired) electrons. The van der Waals surface area contributed by atoms with Crippen LogP contribution in [0.3, 0.4) is 0 Å². The lowest BCUT2D eigenvalue weighted by Crippen LogP contribution is -2.46. The second kappa shape index (κ2) is 12.3. The molecule has 1 aliphatic heterocycles. The molecule has 188 valence electrons. The maximum Gasteiger partial charge on any atom is 0.336 e. The number of carbonyl (C=O) groups is 2. The van der Waals surface area contributed by atoms with Crippen LogP contribution >= 0.6 is 0 Å². The van der Waals surface area contributed by atoms with E-state index >= 15 is 0 Å². The van der Waals surface area contributed by atoms with Crippen LogP contribution in [0.5, 0.6) is 11.5 Å². The number of para-hydroxylation sites is 1. The van der Waals surface area contributed by atoms with Gasteiger partial charge in [0.05, 0.1) is 12.1 Å². The number of piperidine rings is 1. The summed E-state index contributed by atoms with van der Waals surface area (Å²) in [6.45, 7) is 2.55. The van der Waals surface area contributed by atoms with Crippen molar-refractivity contribution in [3.63, 3.8) is 0 Å². The number of amides is 1. The van der Waals surface area contributed by atoms with Crippen LogP contribution in [0.25, 0.3) is 0 Å². The predicted molar refractivity (Wildman–Crippen MR) is 141 cm³/mol. The quantitative estimate of drug-likeness (QED) is 0.414. The van der Waals surface area contributed by atoms with Crippen LogP contribution in [0.4, 0.5) is 5.69 Å². The lowest BCUT2D eigenvalue weighted by Gasteiger charge is -2.38. The zero-order valence-electron chi connectivity index (χ0n) is 20.6. The monoisotopic (exact) mass is 487 g/mol. The second-order valence-corrected chi connectivity index (χ2v) is 9.27. The molecule has 3 aromatic rings. The third-order valence-corrected chi connectivity index (χ3v) is 6.42. The number of aromatic carboxylic acids is 1. The van der Waals surface area contributed by atoms with E-state index in [1.807, 2.05) is 78.7 Å². The standard InChI is InChI=1S/C29H33N3O4/c1-31(20-24-10-7-8-18-32(24)19-22-9-5-6-13-27(22)29(34)35)21-28(33)30-23-14-16-26(17-15-23)36-25-11-3-2-4-12-25/h2-6,9,11-17,24H,7-8,10,18-21H2,1H3,(H,30,33)(H,34,35)/t24-/m1/s1. The van der Waals surface area contributed by atoms with Crippen molar-refractivity contribution in [1.29, 1.82) is 0 Å². The maximum atomic E-state index is 12.7. The maximum absolute atomic E-state index is 12.7. The molecule has 0 aromatic heterocycles. The number of carboxylic acid groups (broad SMARTS) is 1. The summed E-state index contributed by atoms with van der Waals surface area (Å²) >= 11 is 0. The van der Waals surface area contributed by atoms with Gasteiger partial charge in [0.1, 0.15) is 11.5 Å². The third kappa shape index (κ3) is 7.16. The summed E-state index contributed by atoms with van der Waals surface area (Å²) < 4.78 is 5.80. The Labute approximate surface area is 212 Å². The molecular weight excluding hydrogens is 454 g/mol. The highest BCUT2D eigenvalue weighted by molar-refractivity contribution is 5.92. The van der Waals surface area contributed by atoms with Gasteiger partial charge >= 0.3 is 5.97 Å². The molecule has 1 amide bonds. The number of hydrogen-bond donors (Lipinski definition) is 2. The topological polar surface area (TPSA) is 82.1 Å². The summed E-state index contributed by atoms with van der Waals surface area (Å²) in [5, 5.41) is 12.5. The van der Waals surface area contributed by atoms with Gasteiger partial charge in [-0.15, -0.1) is 0 Å². The molecule has 2 N–H and O–H groups in total. The minimum atomic E-state index is -0.896. The van der Waals surface area contributed by atoms with E-state index in [0.717, 1.165) is 49.4 Å². The van der Waals surface area contributed by atoms with Crippen LogP contribution in [-0.2, 0) is 11.3 Å². The Morgan fingerprint density at radius 2 is 1.67 bits per heavy atom. The molecule has 0 bridgehead atoms. The molecule has 4 rings (SSSR count). The zero-order chi connectivity index (χ0) is 25.3. The fourth-order valence-corrected chi connectivity index (χ4v) is 4.66. The van der Waals surface area contributed by atoms with Gasteiger partial charge in [0.2, 0.25) is 5.91 Å². The average molecular weight is 488 g/mol. The SMILES string of the molecule is CN(CC(=O)Nc1ccc(Oc2ccccc2)cc1)C[C@H]1CCCCN1Cc1ccccc1C(=O)O. The number of ether oxygens (including phenoxy) is 1. The van der Waals surface area contributed by atoms with E-state index in [9.17, 15) is 14.7 Å². The summed E-state index contributed by atoms with van der Waals surface area (Å²) in [4.78, 5) is 28.7. The molecule has 0 unspecified atom stereocenters. The molecule has 0 aliphatic carbocycles. The van der Waals surface area contributed by atoms with Crippen molar-refractivity contribution in [2.45, 2.75) is 31.8 Å². The van der Waals surface area contributed by atoms with Gasteiger partial charge in [-0.05, 0) is 74.5 Å². The molecule has 3 aromatic carbocycles. The number of likely N-dealkylation sites (tertiary alicyclic amines) is 1. The van der Waals surface area contributed by atoms with Crippen molar-refractivity contribution in [2.24, 2.45) is 0 Å². The van der Waals surface area contributed by atoms with Gasteiger partial charge in [0.15, 0.2) is 0 Å². The third-order valence-electron chi connectivity index (χ3n) is 6.42. The Hall–Kier alpha value is -3.68. The molecule has 1 heterocycles. The average Bonchev–Trinajstić information content (AvgIpc) is 2.87. The van der Waals surface area contributed by atoms with E-state index in [1.165, 1.54) is 0 Å². The molecular formula is C29H33N3O4. The second-order valence-electron chi connectivity index (χ2n) is 9.27. The van der Waals surface area contributed by atoms with Gasteiger partial charge < -0.3 is 15.2 Å². The highest BCUT2D eigenvalue weighted by atomic mass is 16.5. The van der Waals surface area contributed by atoms with Crippen LogP contribution in [0.1, 0.15) is 35.2 Å². The molecule has 7 heteroatoms. The van der Waals surface area contributed by atoms with Crippen molar-refractivity contribution in [3.8, 4) is 11.5 Å². The number of likely N-dealkylation sites (N-methyl/N-ethyl adjacent to an activating group) is 1. The summed E-state index contributed by atoms with van der Waals surface area (Å²) in [7, 11) is 1.95. The van der Waals surface area contributed by atoms with Crippen LogP contribution in [-0.4, -0.2) is 59.5 Å². The summed E-state index contributed by atoms with van der Waals surface area (Å²) in [5.41, 5.74) is 1.91. The Bertz CT molecular complexity index is 1150. The highest BCUT2D eigenvalue weighted by Gasteiger charge is 2.25. The van der Waals surface area contributed by atoms with E-state index in [2.05, 4.69) is 10.2 Å². The van der Waals surface area contributed by atoms with Gasteiger partial charge in [-0.3, -0.25) is 14.6 Å². The number of nitrogens with zero attached hydrogens (tertiary/aromatic N) is 2. The molecule has 36 heavy (non-hydrogen) atoms. The van der Waals surface area contributed by atoms with Crippen molar-refractivity contribution < 1.29 is 19.4 Å². The van der Waals surface area contributed by atoms with E-state index in [0.29, 0.717) is 17.9 Å². The summed E-state index contributed by atoms with van der Waals surface area (Å²) in [5.74, 6) is 0.498. The van der Waals surface area contributed by atoms with Crippen LogP contribution in [0.2, 0.25) is 0 Å². The van der Waals surface area contributed by atoms with Crippen LogP contribution in [0.15, 0.2) is 78.9 Å². The number of anilines is 1. The Morgan fingerprint density at radius 1 is 0.972 bits per heavy atom. The fraction of sp³-hybridized carbons (Fsp3) is 0.310. The minimum Gasteiger partial charge on any atom is -0.478 e. The van der Waals surface area contributed by atoms with Crippen molar-refractivity contribution in [1.82, 2.24) is 9.80 Å². The highest BCUT2D eigenvalue weighted by Crippen LogP contribution is 2.24. The number of hydrogen-bond acceptors (Lipinski definition) is 5. The number of rotatable bonds is 10. The molecule has 1 saturated heterocycles. The first-order valence-electron chi connectivity index (χ1n) is 12.3. The molecule has 0 spiro atoms. The van der Waals surface area contributed by atoms with Crippen molar-refractivity contribution >= 4 is 17.6 Å². The van der Waals surface area contributed by atoms with Gasteiger partial charge in [-0.2, -0.15) is 0 Å². The van der Waals surface area contributed by atoms with E-state index in [1.54, 1.807) is 12.1 Å². The molecule has 1 atom stereocenters. The summed E-state index contributed by atoms with van der Waals surface area (Å²) in [6.07, 6.45) is 3.27. The largest absolute Gasteiger partial charge is 0.478 e. The Morgan fingerprint density at radius 3 is 2.42 bits per heavy atom. The lowest BCUT2D eigenvalue weighted by atomic mass is 9.99. The van der Waals surface area contributed by atoms with Gasteiger partial charge in [-0.1, -0.05) is 42.8 Å². The predicted octanol–water partition coefficient (Wildman–Crippen LogP) is 5.10. The van der Waals surface area contributed by atoms with Crippen molar-refractivity contribution in [2.75, 3.05) is 32.0 Å². The zero-order valence-corrected chi connectivity index (χ0v) is 20.6. The first-order valence-corrected chi connectivity index (χ1v) is 12.3. The fourth-order valence-electron chi connectivity index (χ4n) is 4.66. The van der Waals surface area contributed by atoms with E-state index in [-0.39, 0.29) is 18.5 Å². The molecule has 0 saturated carbocycles. The molecule has 1 fully saturated rings. The van der Waals surface area contributed by atoms with Crippen LogP contribution in [0, 0.1) is 0 Å². The van der Waals surface area contributed by atoms with Gasteiger partial charge in [0.25, 0.3) is 0 Å². The van der Waals surface area contributed by atoms with Gasteiger partial charge in [-0.25, -0.2) is 4.79 Å². The smallest absolute Gasteiger partial charge is 0.336 e. The van der Waals surface area contributed by atoms with E-state index in [4.69, 9.17) is 4.74 Å². The number of nitrogens with one attached hydrogen (secondary N) is 1. The van der Waals surface area contributed by atoms with Crippen molar-refractivity contribution in [3.05, 3.63) is 90.0 Å². The number of carbonyl (C=O) groups excluding carboxylic acids is 1. The molecule has 7 nitrogen and oxygen atoms in total. The number of carboxylic acids is 1. The number of benzene rings is 3. The summed E-state index contributed by atoms with van der Waals surface area (Å²) in [6, 6.07) is 24.4. The first-order chi connectivity index (χ1) is 17.5. The van der Waals surface area contributed by atoms with Crippen LogP contribution < -0.4 is 10.1 Å². The molecule has 1 aliphatic rings. The van der Waals surface area contributed by atoms with Gasteiger partial charge in [0, 0.05) is 24.8 Å². The Balaban J connectivity index is 1.29. The van der Waals surface area contributed by atoms with E-state index < -0.39 is 5.97 Å². The minimum absolute atomic E-state index is 0.0761.